The molecule has 2 rings (SSSR count). The molecule has 1 aromatic rings. The minimum Gasteiger partial charge on any atom is -0.492 e. The predicted octanol–water partition coefficient (Wildman–Crippen LogP) is 0.475. The Hall–Kier alpha value is -1.04. The van der Waals surface area contributed by atoms with Crippen molar-refractivity contribution in [2.45, 2.75) is 26.3 Å². The van der Waals surface area contributed by atoms with Crippen LogP contribution in [0.25, 0.3) is 0 Å². The van der Waals surface area contributed by atoms with E-state index in [2.05, 4.69) is 18.7 Å². The third-order valence-corrected chi connectivity index (χ3v) is 3.74. The molecule has 0 bridgehead atoms. The number of ether oxygens (including phenoxy) is 1. The summed E-state index contributed by atoms with van der Waals surface area (Å²) < 4.78 is 5.68. The van der Waals surface area contributed by atoms with Gasteiger partial charge in [0.1, 0.15) is 12.4 Å². The first-order chi connectivity index (χ1) is 9.06. The molecule has 1 aliphatic heterocycles. The van der Waals surface area contributed by atoms with E-state index in [1.807, 2.05) is 0 Å². The van der Waals surface area contributed by atoms with Gasteiger partial charge in [-0.15, -0.1) is 0 Å². The van der Waals surface area contributed by atoms with E-state index in [1.165, 1.54) is 6.42 Å². The smallest absolute Gasteiger partial charge is 0.488 e. The molecule has 0 radical (unpaired) electrons. The lowest BCUT2D eigenvalue weighted by Gasteiger charge is -2.20. The molecule has 1 heterocycles. The summed E-state index contributed by atoms with van der Waals surface area (Å²) >= 11 is 0. The van der Waals surface area contributed by atoms with Gasteiger partial charge in [-0.25, -0.2) is 0 Å². The fourth-order valence-corrected chi connectivity index (χ4v) is 2.71. The molecular formula is C14H22BNO3. The van der Waals surface area contributed by atoms with E-state index in [-0.39, 0.29) is 0 Å². The summed E-state index contributed by atoms with van der Waals surface area (Å²) in [5.41, 5.74) is 0.481. The minimum atomic E-state index is -1.42. The summed E-state index contributed by atoms with van der Waals surface area (Å²) in [6, 6.07) is 7.52. The third-order valence-electron chi connectivity index (χ3n) is 3.74. The molecule has 1 aromatic carbocycles. The van der Waals surface area contributed by atoms with E-state index >= 15 is 0 Å². The first kappa shape index (κ1) is 14.4. The van der Waals surface area contributed by atoms with E-state index in [0.29, 0.717) is 18.1 Å². The van der Waals surface area contributed by atoms with Gasteiger partial charge in [0.25, 0.3) is 0 Å². The highest BCUT2D eigenvalue weighted by molar-refractivity contribution is 6.58. The van der Waals surface area contributed by atoms with Crippen molar-refractivity contribution < 1.29 is 14.8 Å². The quantitative estimate of drug-likeness (QED) is 0.758. The SMILES string of the molecule is CC1CC(C)N(CCOc2ccc(B(O)O)cc2)C1. The highest BCUT2D eigenvalue weighted by atomic mass is 16.5. The van der Waals surface area contributed by atoms with Crippen LogP contribution < -0.4 is 10.2 Å². The first-order valence-electron chi connectivity index (χ1n) is 6.89. The molecule has 0 spiro atoms. The van der Waals surface area contributed by atoms with Crippen molar-refractivity contribution in [2.24, 2.45) is 5.92 Å². The zero-order chi connectivity index (χ0) is 13.8. The summed E-state index contributed by atoms with van der Waals surface area (Å²) in [6.45, 7) is 7.31. The van der Waals surface area contributed by atoms with Crippen LogP contribution in [0, 0.1) is 5.92 Å². The largest absolute Gasteiger partial charge is 0.492 e. The van der Waals surface area contributed by atoms with Crippen LogP contribution in [0.15, 0.2) is 24.3 Å². The lowest BCUT2D eigenvalue weighted by Crippen LogP contribution is -2.31. The average molecular weight is 263 g/mol. The Labute approximate surface area is 115 Å². The van der Waals surface area contributed by atoms with Crippen molar-refractivity contribution in [1.82, 2.24) is 4.90 Å². The van der Waals surface area contributed by atoms with E-state index in [9.17, 15) is 0 Å². The number of rotatable bonds is 5. The lowest BCUT2D eigenvalue weighted by molar-refractivity contribution is 0.202. The molecular weight excluding hydrogens is 241 g/mol. The first-order valence-corrected chi connectivity index (χ1v) is 6.89. The fraction of sp³-hybridized carbons (Fsp3) is 0.571. The number of nitrogens with zero attached hydrogens (tertiary/aromatic N) is 1. The monoisotopic (exact) mass is 263 g/mol. The van der Waals surface area contributed by atoms with Gasteiger partial charge < -0.3 is 14.8 Å². The maximum atomic E-state index is 9.00. The number of hydrogen-bond acceptors (Lipinski definition) is 4. The topological polar surface area (TPSA) is 52.9 Å². The second-order valence-electron chi connectivity index (χ2n) is 5.48. The molecule has 1 fully saturated rings. The molecule has 0 aliphatic carbocycles. The van der Waals surface area contributed by atoms with Crippen molar-refractivity contribution in [3.05, 3.63) is 24.3 Å². The summed E-state index contributed by atoms with van der Waals surface area (Å²) in [4.78, 5) is 2.45. The zero-order valence-electron chi connectivity index (χ0n) is 11.6. The summed E-state index contributed by atoms with van der Waals surface area (Å²) in [5, 5.41) is 18.0. The van der Waals surface area contributed by atoms with Gasteiger partial charge >= 0.3 is 7.12 Å². The van der Waals surface area contributed by atoms with E-state index in [0.717, 1.165) is 24.8 Å². The molecule has 0 saturated carbocycles. The van der Waals surface area contributed by atoms with Crippen molar-refractivity contribution in [3.63, 3.8) is 0 Å². The maximum absolute atomic E-state index is 9.00. The van der Waals surface area contributed by atoms with Gasteiger partial charge in [-0.3, -0.25) is 4.90 Å². The molecule has 2 unspecified atom stereocenters. The van der Waals surface area contributed by atoms with Gasteiger partial charge in [0.15, 0.2) is 0 Å². The Kier molecular flexibility index (Phi) is 4.85. The molecule has 104 valence electrons. The number of likely N-dealkylation sites (tertiary alicyclic amines) is 1. The van der Waals surface area contributed by atoms with Crippen LogP contribution >= 0.6 is 0 Å². The molecule has 1 saturated heterocycles. The van der Waals surface area contributed by atoms with Gasteiger partial charge in [-0.05, 0) is 36.9 Å². The summed E-state index contributed by atoms with van der Waals surface area (Å²) in [7, 11) is -1.42. The molecule has 2 N–H and O–H groups in total. The van der Waals surface area contributed by atoms with Gasteiger partial charge in [0, 0.05) is 19.1 Å². The Morgan fingerprint density at radius 1 is 1.26 bits per heavy atom. The van der Waals surface area contributed by atoms with E-state index in [1.54, 1.807) is 24.3 Å². The Morgan fingerprint density at radius 2 is 1.95 bits per heavy atom. The minimum absolute atomic E-state index is 0.481. The highest BCUT2D eigenvalue weighted by Gasteiger charge is 2.25. The molecule has 5 heteroatoms. The molecule has 0 amide bonds. The van der Waals surface area contributed by atoms with Gasteiger partial charge in [-0.2, -0.15) is 0 Å². The normalized spacial score (nSPS) is 23.6. The van der Waals surface area contributed by atoms with E-state index < -0.39 is 7.12 Å². The van der Waals surface area contributed by atoms with E-state index in [4.69, 9.17) is 14.8 Å². The average Bonchev–Trinajstić information content (AvgIpc) is 2.68. The third kappa shape index (κ3) is 3.96. The van der Waals surface area contributed by atoms with Crippen molar-refractivity contribution in [3.8, 4) is 5.75 Å². The highest BCUT2D eigenvalue weighted by Crippen LogP contribution is 2.21. The summed E-state index contributed by atoms with van der Waals surface area (Å²) in [5.74, 6) is 1.55. The fourth-order valence-electron chi connectivity index (χ4n) is 2.71. The van der Waals surface area contributed by atoms with Crippen LogP contribution in [0.4, 0.5) is 0 Å². The van der Waals surface area contributed by atoms with Crippen LogP contribution in [0.5, 0.6) is 5.75 Å². The Morgan fingerprint density at radius 3 is 2.47 bits per heavy atom. The van der Waals surface area contributed by atoms with Crippen LogP contribution in [-0.4, -0.2) is 47.8 Å². The summed E-state index contributed by atoms with van der Waals surface area (Å²) in [6.07, 6.45) is 1.27. The van der Waals surface area contributed by atoms with Crippen LogP contribution in [0.2, 0.25) is 0 Å². The van der Waals surface area contributed by atoms with Crippen molar-refractivity contribution in [2.75, 3.05) is 19.7 Å². The predicted molar refractivity (Wildman–Crippen MR) is 76.6 cm³/mol. The molecule has 4 nitrogen and oxygen atoms in total. The maximum Gasteiger partial charge on any atom is 0.488 e. The lowest BCUT2D eigenvalue weighted by atomic mass is 9.80. The second-order valence-corrected chi connectivity index (χ2v) is 5.48. The van der Waals surface area contributed by atoms with Crippen LogP contribution in [0.1, 0.15) is 20.3 Å². The molecule has 1 aliphatic rings. The van der Waals surface area contributed by atoms with Gasteiger partial charge in [-0.1, -0.05) is 19.1 Å². The molecule has 19 heavy (non-hydrogen) atoms. The zero-order valence-corrected chi connectivity index (χ0v) is 11.6. The van der Waals surface area contributed by atoms with Crippen LogP contribution in [-0.2, 0) is 0 Å². The Balaban J connectivity index is 1.76. The number of benzene rings is 1. The number of hydrogen-bond donors (Lipinski definition) is 2. The Bertz CT molecular complexity index is 396. The molecule has 2 atom stereocenters. The standard InChI is InChI=1S/C14H22BNO3/c1-11-9-12(2)16(10-11)7-8-19-14-5-3-13(4-6-14)15(17)18/h3-6,11-12,17-18H,7-10H2,1-2H3. The van der Waals surface area contributed by atoms with Crippen LogP contribution in [0.3, 0.4) is 0 Å². The molecule has 0 aromatic heterocycles. The van der Waals surface area contributed by atoms with Crippen molar-refractivity contribution >= 4 is 12.6 Å². The van der Waals surface area contributed by atoms with Gasteiger partial charge in [0.05, 0.1) is 0 Å². The second kappa shape index (κ2) is 6.41. The van der Waals surface area contributed by atoms with Crippen molar-refractivity contribution in [1.29, 1.82) is 0 Å². The van der Waals surface area contributed by atoms with Gasteiger partial charge in [0.2, 0.25) is 0 Å².